The number of nitrogens with one attached hydrogen (secondary N) is 1. The van der Waals surface area contributed by atoms with Crippen molar-refractivity contribution in [2.45, 2.75) is 19.1 Å². The molecule has 7 nitrogen and oxygen atoms in total. The van der Waals surface area contributed by atoms with Crippen molar-refractivity contribution in [3.8, 4) is 0 Å². The van der Waals surface area contributed by atoms with Gasteiger partial charge in [-0.3, -0.25) is 14.8 Å². The molecule has 2 saturated heterocycles. The van der Waals surface area contributed by atoms with E-state index in [0.29, 0.717) is 58.3 Å². The maximum Gasteiger partial charge on any atom is 0.403 e. The van der Waals surface area contributed by atoms with Crippen molar-refractivity contribution in [2.75, 3.05) is 70.9 Å². The minimum absolute atomic E-state index is 0.196. The van der Waals surface area contributed by atoms with Gasteiger partial charge in [0.1, 0.15) is 6.04 Å². The van der Waals surface area contributed by atoms with E-state index in [9.17, 15) is 21.6 Å². The third kappa shape index (κ3) is 5.98. The number of aliphatic imine (C=N–C) groups is 1. The quantitative estimate of drug-likeness (QED) is 0.524. The fraction of sp³-hybridized carbons (Fsp3) is 0.933. The molecular formula is C15H28F3N5O2S. The summed E-state index contributed by atoms with van der Waals surface area (Å²) in [5.41, 5.74) is 0. The number of hydrogen-bond acceptors (Lipinski definition) is 5. The fourth-order valence-corrected chi connectivity index (χ4v) is 4.44. The summed E-state index contributed by atoms with van der Waals surface area (Å²) in [5, 5.41) is 3.23. The van der Waals surface area contributed by atoms with Gasteiger partial charge in [-0.25, -0.2) is 8.42 Å². The zero-order valence-electron chi connectivity index (χ0n) is 15.3. The molecule has 11 heteroatoms. The van der Waals surface area contributed by atoms with Gasteiger partial charge < -0.3 is 10.2 Å². The number of guanidine groups is 1. The van der Waals surface area contributed by atoms with Gasteiger partial charge in [0.25, 0.3) is 0 Å². The molecule has 0 aromatic rings. The van der Waals surface area contributed by atoms with E-state index in [4.69, 9.17) is 0 Å². The molecule has 0 amide bonds. The van der Waals surface area contributed by atoms with Gasteiger partial charge in [-0.1, -0.05) is 0 Å². The molecule has 0 aromatic carbocycles. The molecule has 0 radical (unpaired) electrons. The Hall–Kier alpha value is -1.07. The van der Waals surface area contributed by atoms with E-state index >= 15 is 0 Å². The second-order valence-corrected chi connectivity index (χ2v) is 9.01. The Labute approximate surface area is 153 Å². The predicted molar refractivity (Wildman–Crippen MR) is 95.1 cm³/mol. The van der Waals surface area contributed by atoms with Crippen molar-refractivity contribution in [3.05, 3.63) is 0 Å². The van der Waals surface area contributed by atoms with Gasteiger partial charge in [0.15, 0.2) is 15.8 Å². The summed E-state index contributed by atoms with van der Waals surface area (Å²) >= 11 is 0. The van der Waals surface area contributed by atoms with E-state index in [1.54, 1.807) is 7.05 Å². The smallest absolute Gasteiger partial charge is 0.355 e. The summed E-state index contributed by atoms with van der Waals surface area (Å²) < 4.78 is 61.3. The van der Waals surface area contributed by atoms with Crippen molar-refractivity contribution < 1.29 is 21.6 Å². The summed E-state index contributed by atoms with van der Waals surface area (Å²) in [6, 6.07) is -1.44. The Morgan fingerprint density at radius 1 is 1.12 bits per heavy atom. The van der Waals surface area contributed by atoms with Gasteiger partial charge >= 0.3 is 6.18 Å². The van der Waals surface area contributed by atoms with Crippen molar-refractivity contribution in [1.29, 1.82) is 0 Å². The van der Waals surface area contributed by atoms with E-state index < -0.39 is 22.1 Å². The number of halogens is 3. The Balaban J connectivity index is 1.73. The van der Waals surface area contributed by atoms with E-state index in [2.05, 4.69) is 15.2 Å². The second kappa shape index (κ2) is 8.75. The monoisotopic (exact) mass is 399 g/mol. The Morgan fingerprint density at radius 2 is 1.69 bits per heavy atom. The number of piperazine rings is 1. The molecule has 26 heavy (non-hydrogen) atoms. The standard InChI is InChI=1S/C15H28F3N5O2S/c1-13(15(16,17)18)22-5-7-23(8-6-22)14(19-2)20-3-4-21-9-11-26(24,25)12-10-21/h13H,3-12H2,1-2H3,(H,19,20). The van der Waals surface area contributed by atoms with Crippen LogP contribution in [0.4, 0.5) is 13.2 Å². The minimum Gasteiger partial charge on any atom is -0.355 e. The van der Waals surface area contributed by atoms with Gasteiger partial charge in [0.05, 0.1) is 11.5 Å². The van der Waals surface area contributed by atoms with Crippen LogP contribution in [0.2, 0.25) is 0 Å². The lowest BCUT2D eigenvalue weighted by Gasteiger charge is -2.39. The molecule has 0 bridgehead atoms. The number of alkyl halides is 3. The third-order valence-electron chi connectivity index (χ3n) is 5.00. The van der Waals surface area contributed by atoms with Crippen molar-refractivity contribution >= 4 is 15.8 Å². The van der Waals surface area contributed by atoms with Gasteiger partial charge in [-0.2, -0.15) is 13.2 Å². The molecule has 2 aliphatic heterocycles. The molecule has 0 aromatic heterocycles. The lowest BCUT2D eigenvalue weighted by molar-refractivity contribution is -0.181. The highest BCUT2D eigenvalue weighted by atomic mass is 32.2. The molecule has 2 heterocycles. The molecule has 152 valence electrons. The Kier molecular flexibility index (Phi) is 7.14. The lowest BCUT2D eigenvalue weighted by Crippen LogP contribution is -2.57. The highest BCUT2D eigenvalue weighted by Crippen LogP contribution is 2.25. The Morgan fingerprint density at radius 3 is 2.19 bits per heavy atom. The zero-order chi connectivity index (χ0) is 19.4. The topological polar surface area (TPSA) is 68.2 Å². The molecule has 1 atom stereocenters. The molecule has 1 N–H and O–H groups in total. The van der Waals surface area contributed by atoms with Crippen molar-refractivity contribution in [1.82, 2.24) is 20.0 Å². The molecule has 2 fully saturated rings. The highest BCUT2D eigenvalue weighted by Gasteiger charge is 2.41. The summed E-state index contributed by atoms with van der Waals surface area (Å²) in [4.78, 5) is 9.70. The number of hydrogen-bond donors (Lipinski definition) is 1. The first kappa shape index (κ1) is 21.2. The molecule has 1 unspecified atom stereocenters. The van der Waals surface area contributed by atoms with Gasteiger partial charge in [-0.15, -0.1) is 0 Å². The number of rotatable bonds is 4. The molecule has 2 rings (SSSR count). The maximum atomic E-state index is 12.8. The van der Waals surface area contributed by atoms with Crippen molar-refractivity contribution in [2.24, 2.45) is 4.99 Å². The van der Waals surface area contributed by atoms with Crippen LogP contribution >= 0.6 is 0 Å². The normalized spacial score (nSPS) is 24.5. The third-order valence-corrected chi connectivity index (χ3v) is 6.60. The fourth-order valence-electron chi connectivity index (χ4n) is 3.16. The van der Waals surface area contributed by atoms with Gasteiger partial charge in [0, 0.05) is 59.4 Å². The van der Waals surface area contributed by atoms with Crippen LogP contribution in [0.1, 0.15) is 6.92 Å². The zero-order valence-corrected chi connectivity index (χ0v) is 16.1. The highest BCUT2D eigenvalue weighted by molar-refractivity contribution is 7.91. The van der Waals surface area contributed by atoms with E-state index in [-0.39, 0.29) is 11.5 Å². The van der Waals surface area contributed by atoms with E-state index in [0.717, 1.165) is 0 Å². The summed E-state index contributed by atoms with van der Waals surface area (Å²) in [6.45, 7) is 5.25. The van der Waals surface area contributed by atoms with Gasteiger partial charge in [0.2, 0.25) is 0 Å². The minimum atomic E-state index is -4.20. The van der Waals surface area contributed by atoms with E-state index in [1.807, 2.05) is 4.90 Å². The predicted octanol–water partition coefficient (Wildman–Crippen LogP) is -0.139. The van der Waals surface area contributed by atoms with Crippen molar-refractivity contribution in [3.63, 3.8) is 0 Å². The van der Waals surface area contributed by atoms with Crippen LogP contribution in [0.15, 0.2) is 4.99 Å². The first-order valence-electron chi connectivity index (χ1n) is 8.81. The molecule has 0 spiro atoms. The number of nitrogens with zero attached hydrogens (tertiary/aromatic N) is 4. The van der Waals surface area contributed by atoms with E-state index in [1.165, 1.54) is 11.8 Å². The summed E-state index contributed by atoms with van der Waals surface area (Å²) in [7, 11) is -1.23. The largest absolute Gasteiger partial charge is 0.403 e. The van der Waals surface area contributed by atoms with Crippen LogP contribution in [-0.4, -0.2) is 112 Å². The lowest BCUT2D eigenvalue weighted by atomic mass is 10.2. The molecule has 0 saturated carbocycles. The first-order chi connectivity index (χ1) is 12.1. The maximum absolute atomic E-state index is 12.8. The van der Waals surface area contributed by atoms with Crippen LogP contribution in [0.25, 0.3) is 0 Å². The number of sulfone groups is 1. The average Bonchev–Trinajstić information content (AvgIpc) is 2.59. The molecule has 2 aliphatic rings. The summed E-state index contributed by atoms with van der Waals surface area (Å²) in [5.74, 6) is 1.07. The molecular weight excluding hydrogens is 371 g/mol. The van der Waals surface area contributed by atoms with Crippen LogP contribution < -0.4 is 5.32 Å². The van der Waals surface area contributed by atoms with Crippen LogP contribution in [0.5, 0.6) is 0 Å². The molecule has 0 aliphatic carbocycles. The van der Waals surface area contributed by atoms with Crippen LogP contribution in [0.3, 0.4) is 0 Å². The SMILES string of the molecule is CN=C(NCCN1CCS(=O)(=O)CC1)N1CCN(C(C)C(F)(F)F)CC1. The van der Waals surface area contributed by atoms with Gasteiger partial charge in [-0.05, 0) is 6.92 Å². The Bertz CT molecular complexity index is 575. The second-order valence-electron chi connectivity index (χ2n) is 6.71. The average molecular weight is 399 g/mol. The van der Waals surface area contributed by atoms with Crippen LogP contribution in [-0.2, 0) is 9.84 Å². The first-order valence-corrected chi connectivity index (χ1v) is 10.6. The van der Waals surface area contributed by atoms with Crippen LogP contribution in [0, 0.1) is 0 Å². The summed E-state index contributed by atoms with van der Waals surface area (Å²) in [6.07, 6.45) is -4.20.